The molecule has 2 atom stereocenters. The van der Waals surface area contributed by atoms with Gasteiger partial charge in [0.05, 0.1) is 12.8 Å². The predicted molar refractivity (Wildman–Crippen MR) is 162 cm³/mol. The van der Waals surface area contributed by atoms with Gasteiger partial charge in [-0.15, -0.1) is 0 Å². The summed E-state index contributed by atoms with van der Waals surface area (Å²) >= 11 is 0. The van der Waals surface area contributed by atoms with E-state index in [1.165, 1.54) is 19.0 Å². The second-order valence-electron chi connectivity index (χ2n) is 10.0. The summed E-state index contributed by atoms with van der Waals surface area (Å²) in [5.41, 5.74) is 1.97. The van der Waals surface area contributed by atoms with E-state index in [-0.39, 0.29) is 24.9 Å². The zero-order chi connectivity index (χ0) is 30.0. The number of rotatable bonds is 14. The van der Waals surface area contributed by atoms with Crippen LogP contribution in [0.1, 0.15) is 31.4 Å². The van der Waals surface area contributed by atoms with Crippen LogP contribution in [0.4, 0.5) is 5.69 Å². The molecule has 0 heterocycles. The average molecular weight is 581 g/mol. The summed E-state index contributed by atoms with van der Waals surface area (Å²) in [5, 5.41) is 3.03. The summed E-state index contributed by atoms with van der Waals surface area (Å²) in [5.74, 6) is -0.205. The third kappa shape index (κ3) is 8.55. The van der Waals surface area contributed by atoms with Gasteiger partial charge in [0.25, 0.3) is 0 Å². The van der Waals surface area contributed by atoms with E-state index >= 15 is 0 Å². The number of para-hydroxylation sites is 1. The molecule has 10 heteroatoms. The van der Waals surface area contributed by atoms with Crippen LogP contribution in [0.3, 0.4) is 0 Å². The van der Waals surface area contributed by atoms with E-state index in [1.807, 2.05) is 56.3 Å². The van der Waals surface area contributed by atoms with Gasteiger partial charge in [-0.2, -0.15) is 12.7 Å². The highest BCUT2D eigenvalue weighted by atomic mass is 32.2. The van der Waals surface area contributed by atoms with Gasteiger partial charge in [0.1, 0.15) is 18.3 Å². The van der Waals surface area contributed by atoms with Gasteiger partial charge in [0, 0.05) is 33.1 Å². The molecule has 0 aliphatic rings. The van der Waals surface area contributed by atoms with E-state index in [0.29, 0.717) is 11.4 Å². The Bertz CT molecular complexity index is 1380. The highest BCUT2D eigenvalue weighted by Gasteiger charge is 2.35. The quantitative estimate of drug-likeness (QED) is 0.312. The molecule has 0 saturated carbocycles. The molecule has 220 valence electrons. The molecule has 9 nitrogen and oxygen atoms in total. The summed E-state index contributed by atoms with van der Waals surface area (Å²) in [4.78, 5) is 29.5. The lowest BCUT2D eigenvalue weighted by atomic mass is 10.0. The van der Waals surface area contributed by atoms with Crippen molar-refractivity contribution in [1.29, 1.82) is 0 Å². The third-order valence-corrected chi connectivity index (χ3v) is 8.64. The molecule has 0 aliphatic carbocycles. The van der Waals surface area contributed by atoms with Gasteiger partial charge in [0.2, 0.25) is 11.8 Å². The molecule has 2 amide bonds. The molecule has 3 aromatic carbocycles. The fraction of sp³-hybridized carbons (Fsp3) is 0.355. The van der Waals surface area contributed by atoms with Gasteiger partial charge in [-0.25, -0.2) is 4.31 Å². The molecule has 41 heavy (non-hydrogen) atoms. The molecule has 0 aliphatic heterocycles. The lowest BCUT2D eigenvalue weighted by Crippen LogP contribution is -2.55. The normalized spacial score (nSPS) is 12.8. The van der Waals surface area contributed by atoms with Crippen LogP contribution in [0.15, 0.2) is 84.9 Å². The standard InChI is InChI=1S/C31H40N4O5S/c1-6-24(2)32-31(37)29(21-25-14-9-7-10-15-25)34(22-26-16-13-19-28(20-26)40-5)30(36)23-35(41(38,39)33(3)4)27-17-11-8-12-18-27/h7-20,24,29H,6,21-23H2,1-5H3,(H,32,37)/t24-,29-/m0/s1. The number of nitrogens with one attached hydrogen (secondary N) is 1. The maximum atomic E-state index is 14.2. The van der Waals surface area contributed by atoms with Gasteiger partial charge >= 0.3 is 10.2 Å². The van der Waals surface area contributed by atoms with Crippen molar-refractivity contribution in [2.24, 2.45) is 0 Å². The second kappa shape index (κ2) is 14.7. The first-order valence-electron chi connectivity index (χ1n) is 13.6. The number of hydrogen-bond acceptors (Lipinski definition) is 5. The molecular weight excluding hydrogens is 540 g/mol. The predicted octanol–water partition coefficient (Wildman–Crippen LogP) is 3.86. The Morgan fingerprint density at radius 2 is 1.51 bits per heavy atom. The Kier molecular flexibility index (Phi) is 11.3. The molecule has 0 radical (unpaired) electrons. The van der Waals surface area contributed by atoms with E-state index in [0.717, 1.165) is 26.2 Å². The topological polar surface area (TPSA) is 99.3 Å². The summed E-state index contributed by atoms with van der Waals surface area (Å²) in [6, 6.07) is 24.2. The van der Waals surface area contributed by atoms with Crippen LogP contribution in [0.2, 0.25) is 0 Å². The van der Waals surface area contributed by atoms with E-state index in [4.69, 9.17) is 4.74 Å². The van der Waals surface area contributed by atoms with Gasteiger partial charge in [-0.05, 0) is 48.7 Å². The van der Waals surface area contributed by atoms with Gasteiger partial charge in [-0.3, -0.25) is 9.59 Å². The maximum Gasteiger partial charge on any atom is 0.304 e. The van der Waals surface area contributed by atoms with Crippen molar-refractivity contribution in [3.8, 4) is 5.75 Å². The number of amides is 2. The number of nitrogens with zero attached hydrogens (tertiary/aromatic N) is 3. The first-order valence-corrected chi connectivity index (χ1v) is 15.0. The minimum absolute atomic E-state index is 0.0755. The summed E-state index contributed by atoms with van der Waals surface area (Å²) in [6.07, 6.45) is 0.973. The largest absolute Gasteiger partial charge is 0.497 e. The number of carbonyl (C=O) groups excluding carboxylic acids is 2. The highest BCUT2D eigenvalue weighted by Crippen LogP contribution is 2.22. The van der Waals surface area contributed by atoms with Crippen molar-refractivity contribution >= 4 is 27.7 Å². The van der Waals surface area contributed by atoms with E-state index in [9.17, 15) is 18.0 Å². The van der Waals surface area contributed by atoms with E-state index < -0.39 is 28.7 Å². The fourth-order valence-electron chi connectivity index (χ4n) is 4.27. The van der Waals surface area contributed by atoms with Crippen LogP contribution < -0.4 is 14.4 Å². The Labute approximate surface area is 243 Å². The van der Waals surface area contributed by atoms with Crippen molar-refractivity contribution in [2.45, 2.75) is 45.3 Å². The Morgan fingerprint density at radius 1 is 0.902 bits per heavy atom. The van der Waals surface area contributed by atoms with Crippen molar-refractivity contribution in [3.05, 3.63) is 96.1 Å². The molecule has 0 aromatic heterocycles. The molecule has 0 saturated heterocycles. The van der Waals surface area contributed by atoms with E-state index in [2.05, 4.69) is 5.32 Å². The summed E-state index contributed by atoms with van der Waals surface area (Å²) in [7, 11) is 0.362. The number of benzene rings is 3. The van der Waals surface area contributed by atoms with Gasteiger partial charge in [0.15, 0.2) is 0 Å². The minimum Gasteiger partial charge on any atom is -0.497 e. The van der Waals surface area contributed by atoms with Crippen molar-refractivity contribution in [2.75, 3.05) is 32.1 Å². The SMILES string of the molecule is CC[C@H](C)NC(=O)[C@H](Cc1ccccc1)N(Cc1cccc(OC)c1)C(=O)CN(c1ccccc1)S(=O)(=O)N(C)C. The van der Waals surface area contributed by atoms with Crippen LogP contribution in [0, 0.1) is 0 Å². The Morgan fingerprint density at radius 3 is 2.10 bits per heavy atom. The third-order valence-electron chi connectivity index (χ3n) is 6.82. The maximum absolute atomic E-state index is 14.2. The molecule has 1 N–H and O–H groups in total. The van der Waals surface area contributed by atoms with Crippen LogP contribution in [0.5, 0.6) is 5.75 Å². The zero-order valence-corrected chi connectivity index (χ0v) is 25.2. The monoisotopic (exact) mass is 580 g/mol. The first kappa shape index (κ1) is 31.6. The van der Waals surface area contributed by atoms with Crippen molar-refractivity contribution < 1.29 is 22.7 Å². The van der Waals surface area contributed by atoms with Gasteiger partial charge < -0.3 is 15.0 Å². The molecule has 0 bridgehead atoms. The number of carbonyl (C=O) groups is 2. The average Bonchev–Trinajstić information content (AvgIpc) is 2.98. The first-order chi connectivity index (χ1) is 19.6. The molecule has 0 fully saturated rings. The lowest BCUT2D eigenvalue weighted by molar-refractivity contribution is -0.140. The molecule has 3 aromatic rings. The summed E-state index contributed by atoms with van der Waals surface area (Å²) in [6.45, 7) is 3.47. The van der Waals surface area contributed by atoms with Crippen LogP contribution in [0.25, 0.3) is 0 Å². The lowest BCUT2D eigenvalue weighted by Gasteiger charge is -2.35. The number of hydrogen-bond donors (Lipinski definition) is 1. The van der Waals surface area contributed by atoms with E-state index in [1.54, 1.807) is 49.6 Å². The fourth-order valence-corrected chi connectivity index (χ4v) is 5.33. The number of methoxy groups -OCH3 is 1. The highest BCUT2D eigenvalue weighted by molar-refractivity contribution is 7.90. The molecule has 3 rings (SSSR count). The Hall–Kier alpha value is -3.89. The Balaban J connectivity index is 2.10. The smallest absolute Gasteiger partial charge is 0.304 e. The minimum atomic E-state index is -4.03. The van der Waals surface area contributed by atoms with Gasteiger partial charge in [-0.1, -0.05) is 67.6 Å². The van der Waals surface area contributed by atoms with Crippen molar-refractivity contribution in [3.63, 3.8) is 0 Å². The molecular formula is C31H40N4O5S. The zero-order valence-electron chi connectivity index (χ0n) is 24.4. The molecule has 0 spiro atoms. The number of ether oxygens (including phenoxy) is 1. The van der Waals surface area contributed by atoms with Crippen molar-refractivity contribution in [1.82, 2.24) is 14.5 Å². The summed E-state index contributed by atoms with van der Waals surface area (Å²) < 4.78 is 34.3. The van der Waals surface area contributed by atoms with Crippen LogP contribution in [-0.4, -0.2) is 69.3 Å². The van der Waals surface area contributed by atoms with Crippen LogP contribution >= 0.6 is 0 Å². The second-order valence-corrected chi connectivity index (χ2v) is 12.1. The molecule has 0 unspecified atom stereocenters. The van der Waals surface area contributed by atoms with Crippen LogP contribution in [-0.2, 0) is 32.8 Å². The number of anilines is 1.